The maximum atomic E-state index is 11.5. The molecule has 1 nitrogen and oxygen atoms in total. The number of hydrogen-bond donors (Lipinski definition) is 0. The van der Waals surface area contributed by atoms with Crippen LogP contribution < -0.4 is 17.5 Å². The van der Waals surface area contributed by atoms with Crippen LogP contribution in [0.2, 0.25) is 0 Å². The molecule has 0 saturated heterocycles. The Kier molecular flexibility index (Phi) is 7.03. The van der Waals surface area contributed by atoms with Crippen molar-refractivity contribution in [3.8, 4) is 5.75 Å². The Balaban J connectivity index is 0. The van der Waals surface area contributed by atoms with E-state index in [1.807, 2.05) is 19.1 Å². The summed E-state index contributed by atoms with van der Waals surface area (Å²) in [7, 11) is 0. The summed E-state index contributed by atoms with van der Waals surface area (Å²) < 4.78 is 0. The van der Waals surface area contributed by atoms with Crippen LogP contribution >= 0.6 is 0 Å². The molecule has 1 aromatic rings. The van der Waals surface area contributed by atoms with Gasteiger partial charge in [-0.25, -0.2) is 0 Å². The second kappa shape index (κ2) is 5.93. The van der Waals surface area contributed by atoms with E-state index in [2.05, 4.69) is 20.8 Å². The summed E-state index contributed by atoms with van der Waals surface area (Å²) in [6.07, 6.45) is 0. The molecule has 0 atom stereocenters. The van der Waals surface area contributed by atoms with E-state index in [1.165, 1.54) is 0 Å². The van der Waals surface area contributed by atoms with Crippen molar-refractivity contribution in [1.82, 2.24) is 0 Å². The maximum absolute atomic E-state index is 11.5. The van der Waals surface area contributed by atoms with Crippen molar-refractivity contribution in [3.63, 3.8) is 0 Å². The molecule has 0 radical (unpaired) electrons. The molecule has 1 rings (SSSR count). The first-order valence-corrected chi connectivity index (χ1v) is 4.20. The number of hydrogen-bond acceptors (Lipinski definition) is 1. The monoisotopic (exact) mass is 288 g/mol. The molecular weight excluding hydrogens is 275 g/mol. The molecule has 0 spiro atoms. The molecule has 14 heavy (non-hydrogen) atoms. The minimum Gasteiger partial charge on any atom is -1.00 e. The van der Waals surface area contributed by atoms with Crippen LogP contribution in [0.5, 0.6) is 5.75 Å². The standard InChI is InChI=1S/C11H16O.ClH.Zr/c1-8-6-5-7-9(12)10(8)11(2,3)4;;/h5-7,12H,1-4H3;1H;/q;;+2/p-2. The number of aryl methyl sites for hydroxylation is 1. The molecule has 0 N–H and O–H groups in total. The molecule has 0 saturated carbocycles. The van der Waals surface area contributed by atoms with Gasteiger partial charge >= 0.3 is 26.2 Å². The predicted molar refractivity (Wildman–Crippen MR) is 49.3 cm³/mol. The van der Waals surface area contributed by atoms with E-state index in [4.69, 9.17) is 0 Å². The zero-order valence-corrected chi connectivity index (χ0v) is 12.2. The van der Waals surface area contributed by atoms with Crippen molar-refractivity contribution in [1.29, 1.82) is 0 Å². The largest absolute Gasteiger partial charge is 2.00 e. The zero-order chi connectivity index (χ0) is 9.35. The fraction of sp³-hybridized carbons (Fsp3) is 0.455. The fourth-order valence-corrected chi connectivity index (χ4v) is 1.60. The molecule has 1 aromatic carbocycles. The predicted octanol–water partition coefficient (Wildman–Crippen LogP) is -0.632. The summed E-state index contributed by atoms with van der Waals surface area (Å²) in [6.45, 7) is 8.19. The molecule has 0 amide bonds. The third-order valence-corrected chi connectivity index (χ3v) is 1.98. The Morgan fingerprint density at radius 1 is 1.14 bits per heavy atom. The van der Waals surface area contributed by atoms with Crippen molar-refractivity contribution < 1.29 is 43.7 Å². The van der Waals surface area contributed by atoms with Gasteiger partial charge < -0.3 is 17.5 Å². The Morgan fingerprint density at radius 3 is 1.93 bits per heavy atom. The van der Waals surface area contributed by atoms with Gasteiger partial charge in [0.15, 0.2) is 0 Å². The van der Waals surface area contributed by atoms with Gasteiger partial charge in [0, 0.05) is 0 Å². The molecule has 76 valence electrons. The Hall–Kier alpha value is 0.193. The van der Waals surface area contributed by atoms with Gasteiger partial charge in [0.25, 0.3) is 0 Å². The molecule has 0 aromatic heterocycles. The Bertz CT molecular complexity index is 272. The van der Waals surface area contributed by atoms with Gasteiger partial charge in [0.05, 0.1) is 0 Å². The summed E-state index contributed by atoms with van der Waals surface area (Å²) in [5.41, 5.74) is 1.99. The van der Waals surface area contributed by atoms with Crippen molar-refractivity contribution in [2.24, 2.45) is 0 Å². The van der Waals surface area contributed by atoms with Gasteiger partial charge in [-0.15, -0.1) is 5.75 Å². The first kappa shape index (κ1) is 16.6. The molecule has 0 aliphatic heterocycles. The van der Waals surface area contributed by atoms with Gasteiger partial charge in [-0.05, 0) is 23.5 Å². The van der Waals surface area contributed by atoms with E-state index in [9.17, 15) is 5.11 Å². The van der Waals surface area contributed by atoms with Gasteiger partial charge in [0.1, 0.15) is 0 Å². The molecule has 0 aliphatic carbocycles. The topological polar surface area (TPSA) is 23.1 Å². The smallest absolute Gasteiger partial charge is 1.00 e. The molecule has 0 aliphatic rings. The molecule has 0 unspecified atom stereocenters. The van der Waals surface area contributed by atoms with E-state index in [1.54, 1.807) is 6.07 Å². The van der Waals surface area contributed by atoms with Crippen LogP contribution in [0.4, 0.5) is 0 Å². The third kappa shape index (κ3) is 3.75. The second-order valence-corrected chi connectivity index (χ2v) is 4.20. The Morgan fingerprint density at radius 2 is 1.64 bits per heavy atom. The molecular formula is C11H15ClOZr. The molecule has 0 bridgehead atoms. The SMILES string of the molecule is Cc1cccc([O-])c1C(C)(C)C.[Cl-].[Zr+2]. The molecule has 0 heterocycles. The van der Waals surface area contributed by atoms with Crippen LogP contribution in [0.3, 0.4) is 0 Å². The third-order valence-electron chi connectivity index (χ3n) is 1.98. The normalized spacial score (nSPS) is 10.0. The summed E-state index contributed by atoms with van der Waals surface area (Å²) in [5, 5.41) is 11.5. The van der Waals surface area contributed by atoms with E-state index in [0.29, 0.717) is 0 Å². The van der Waals surface area contributed by atoms with Crippen LogP contribution in [-0.2, 0) is 31.6 Å². The fourth-order valence-electron chi connectivity index (χ4n) is 1.60. The van der Waals surface area contributed by atoms with Crippen molar-refractivity contribution in [3.05, 3.63) is 29.3 Å². The zero-order valence-electron chi connectivity index (χ0n) is 9.02. The van der Waals surface area contributed by atoms with E-state index in [-0.39, 0.29) is 49.8 Å². The minimum absolute atomic E-state index is 0. The summed E-state index contributed by atoms with van der Waals surface area (Å²) >= 11 is 0. The summed E-state index contributed by atoms with van der Waals surface area (Å²) in [4.78, 5) is 0. The van der Waals surface area contributed by atoms with Gasteiger partial charge in [-0.3, -0.25) is 0 Å². The quantitative estimate of drug-likeness (QED) is 0.624. The second-order valence-electron chi connectivity index (χ2n) is 4.20. The van der Waals surface area contributed by atoms with Gasteiger partial charge in [0.2, 0.25) is 0 Å². The van der Waals surface area contributed by atoms with Crippen LogP contribution in [0.25, 0.3) is 0 Å². The van der Waals surface area contributed by atoms with Crippen molar-refractivity contribution >= 4 is 0 Å². The summed E-state index contributed by atoms with van der Waals surface area (Å²) in [5.74, 6) is 0.155. The van der Waals surface area contributed by atoms with Crippen molar-refractivity contribution in [2.45, 2.75) is 33.1 Å². The van der Waals surface area contributed by atoms with Crippen LogP contribution in [-0.4, -0.2) is 0 Å². The summed E-state index contributed by atoms with van der Waals surface area (Å²) in [6, 6.07) is 5.43. The van der Waals surface area contributed by atoms with Crippen LogP contribution in [0.1, 0.15) is 31.9 Å². The average molecular weight is 290 g/mol. The van der Waals surface area contributed by atoms with E-state index < -0.39 is 0 Å². The maximum Gasteiger partial charge on any atom is 2.00 e. The molecule has 3 heteroatoms. The van der Waals surface area contributed by atoms with Crippen molar-refractivity contribution in [2.75, 3.05) is 0 Å². The average Bonchev–Trinajstić information content (AvgIpc) is 1.82. The first-order valence-electron chi connectivity index (χ1n) is 4.20. The number of benzene rings is 1. The van der Waals surface area contributed by atoms with E-state index in [0.717, 1.165) is 11.1 Å². The van der Waals surface area contributed by atoms with Crippen LogP contribution in [0, 0.1) is 6.92 Å². The Labute approximate surface area is 111 Å². The molecule has 0 fully saturated rings. The van der Waals surface area contributed by atoms with Crippen LogP contribution in [0.15, 0.2) is 18.2 Å². The van der Waals surface area contributed by atoms with E-state index >= 15 is 0 Å². The first-order chi connectivity index (χ1) is 5.43. The number of rotatable bonds is 0. The number of halogens is 1. The minimum atomic E-state index is -0.0393. The van der Waals surface area contributed by atoms with Gasteiger partial charge in [-0.1, -0.05) is 39.0 Å². The van der Waals surface area contributed by atoms with Gasteiger partial charge in [-0.2, -0.15) is 0 Å².